The molecule has 3 aliphatic rings. The molecule has 1 saturated heterocycles. The van der Waals surface area contributed by atoms with Gasteiger partial charge in [0.2, 0.25) is 0 Å². The number of fused-ring (bicyclic) bond motifs is 2. The molecular weight excluding hydrogens is 550 g/mol. The van der Waals surface area contributed by atoms with Crippen LogP contribution in [0.15, 0.2) is 59.7 Å². The molecule has 0 amide bonds. The maximum absolute atomic E-state index is 2.60. The molecule has 0 N–H and O–H groups in total. The van der Waals surface area contributed by atoms with Crippen molar-refractivity contribution < 1.29 is 20.0 Å². The molecule has 28 heavy (non-hydrogen) atoms. The molecule has 2 atom stereocenters. The standard InChI is InChI=1S/2C11H11.C3H6.2ClH.Hf/c2*1-2-9-7-10-5-3-4-6-11(10)8-9;1-3-2;;;/h2*3-8H,2H2,1H3;1-3H2;2*1H;. The summed E-state index contributed by atoms with van der Waals surface area (Å²) in [6.07, 6.45) is 9.03. The average molecular weight is 580 g/mol. The van der Waals surface area contributed by atoms with Gasteiger partial charge in [-0.25, -0.2) is 0 Å². The summed E-state index contributed by atoms with van der Waals surface area (Å²) in [5.74, 6) is 0. The molecule has 1 fully saturated rings. The van der Waals surface area contributed by atoms with Gasteiger partial charge in [0, 0.05) is 0 Å². The number of allylic oxidation sites excluding steroid dienone is 2. The largest absolute Gasteiger partial charge is 0.147 e. The van der Waals surface area contributed by atoms with Crippen molar-refractivity contribution in [3.8, 4) is 0 Å². The van der Waals surface area contributed by atoms with Crippen LogP contribution in [0.4, 0.5) is 0 Å². The quantitative estimate of drug-likeness (QED) is 0.320. The van der Waals surface area contributed by atoms with Crippen LogP contribution in [0, 0.1) is 0 Å². The molecule has 2 aliphatic carbocycles. The first-order chi connectivity index (χ1) is 12.8. The topological polar surface area (TPSA) is 0 Å². The minimum Gasteiger partial charge on any atom is -0.147 e. The van der Waals surface area contributed by atoms with E-state index in [4.69, 9.17) is 0 Å². The maximum Gasteiger partial charge on any atom is -0.147 e. The Kier molecular flexibility index (Phi) is 6.79. The van der Waals surface area contributed by atoms with Gasteiger partial charge >= 0.3 is 163 Å². The minimum absolute atomic E-state index is 0. The van der Waals surface area contributed by atoms with Gasteiger partial charge in [0.1, 0.15) is 0 Å². The Morgan fingerprint density at radius 1 is 0.714 bits per heavy atom. The number of halogens is 2. The van der Waals surface area contributed by atoms with E-state index in [2.05, 4.69) is 74.5 Å². The molecule has 0 aromatic heterocycles. The van der Waals surface area contributed by atoms with Crippen molar-refractivity contribution in [2.24, 2.45) is 0 Å². The summed E-state index contributed by atoms with van der Waals surface area (Å²) in [5.41, 5.74) is 9.93. The smallest absolute Gasteiger partial charge is 0.147 e. The van der Waals surface area contributed by atoms with Crippen LogP contribution in [0.3, 0.4) is 0 Å². The van der Waals surface area contributed by atoms with E-state index >= 15 is 0 Å². The predicted octanol–water partition coefficient (Wildman–Crippen LogP) is 8.32. The molecule has 148 valence electrons. The van der Waals surface area contributed by atoms with Gasteiger partial charge in [0.25, 0.3) is 0 Å². The van der Waals surface area contributed by atoms with Crippen LogP contribution in [-0.4, -0.2) is 0 Å². The fraction of sp³-hybridized carbons (Fsp3) is 0.360. The molecule has 2 aromatic carbocycles. The molecule has 1 aliphatic heterocycles. The van der Waals surface area contributed by atoms with E-state index in [1.807, 2.05) is 0 Å². The summed E-state index contributed by atoms with van der Waals surface area (Å²) in [5, 5.41) is 0. The molecular formula is C25H30Cl2Hf. The summed E-state index contributed by atoms with van der Waals surface area (Å²) in [6, 6.07) is 18.6. The van der Waals surface area contributed by atoms with Crippen LogP contribution in [-0.2, 0) is 20.0 Å². The molecule has 5 rings (SSSR count). The summed E-state index contributed by atoms with van der Waals surface area (Å²) in [6.45, 7) is 4.76. The summed E-state index contributed by atoms with van der Waals surface area (Å²) >= 11 is -2.60. The Labute approximate surface area is 186 Å². The molecule has 1 heterocycles. The van der Waals surface area contributed by atoms with Crippen LogP contribution >= 0.6 is 24.8 Å². The van der Waals surface area contributed by atoms with E-state index in [-0.39, 0.29) is 24.8 Å². The SMILES string of the molecule is CCC1=Cc2ccccc2[CH]1[Hf]1([CH]2C(CC)=Cc3ccccc32)[CH2]C[CH2]1.Cl.Cl. The third kappa shape index (κ3) is 3.13. The van der Waals surface area contributed by atoms with Crippen molar-refractivity contribution in [1.29, 1.82) is 0 Å². The third-order valence-electron chi connectivity index (χ3n) is 7.29. The molecule has 0 nitrogen and oxygen atoms in total. The van der Waals surface area contributed by atoms with E-state index < -0.39 is 20.0 Å². The van der Waals surface area contributed by atoms with Crippen LogP contribution < -0.4 is 0 Å². The first-order valence-electron chi connectivity index (χ1n) is 10.4. The average Bonchev–Trinajstić information content (AvgIpc) is 3.20. The van der Waals surface area contributed by atoms with E-state index in [1.165, 1.54) is 30.4 Å². The molecule has 3 heteroatoms. The summed E-state index contributed by atoms with van der Waals surface area (Å²) in [7, 11) is 0. The van der Waals surface area contributed by atoms with Crippen LogP contribution in [0.2, 0.25) is 8.35 Å². The fourth-order valence-corrected chi connectivity index (χ4v) is 29.3. The van der Waals surface area contributed by atoms with E-state index in [1.54, 1.807) is 30.6 Å². The van der Waals surface area contributed by atoms with Gasteiger partial charge < -0.3 is 0 Å². The second kappa shape index (κ2) is 8.62. The molecule has 0 bridgehead atoms. The molecule has 0 saturated carbocycles. The Bertz CT molecular complexity index is 852. The molecule has 0 radical (unpaired) electrons. The molecule has 0 spiro atoms. The number of hydrogen-bond acceptors (Lipinski definition) is 0. The Balaban J connectivity index is 0.00000112. The normalized spacial score (nSPS) is 23.4. The van der Waals surface area contributed by atoms with Crippen LogP contribution in [0.1, 0.15) is 62.7 Å². The van der Waals surface area contributed by atoms with Crippen molar-refractivity contribution >= 4 is 37.0 Å². The van der Waals surface area contributed by atoms with Crippen molar-refractivity contribution in [2.45, 2.75) is 48.8 Å². The maximum atomic E-state index is 2.55. The van der Waals surface area contributed by atoms with Gasteiger partial charge in [-0.1, -0.05) is 0 Å². The van der Waals surface area contributed by atoms with Crippen molar-refractivity contribution in [1.82, 2.24) is 0 Å². The van der Waals surface area contributed by atoms with Gasteiger partial charge in [-0.2, -0.15) is 0 Å². The third-order valence-corrected chi connectivity index (χ3v) is 29.7. The van der Waals surface area contributed by atoms with Crippen molar-refractivity contribution in [3.05, 3.63) is 81.9 Å². The van der Waals surface area contributed by atoms with Crippen LogP contribution in [0.25, 0.3) is 12.2 Å². The van der Waals surface area contributed by atoms with Crippen molar-refractivity contribution in [3.63, 3.8) is 0 Å². The first kappa shape index (κ1) is 22.1. The zero-order valence-corrected chi connectivity index (χ0v) is 22.0. The van der Waals surface area contributed by atoms with Crippen LogP contribution in [0.5, 0.6) is 0 Å². The number of rotatable bonds is 4. The fourth-order valence-electron chi connectivity index (χ4n) is 6.08. The van der Waals surface area contributed by atoms with Gasteiger partial charge in [-0.3, -0.25) is 0 Å². The summed E-state index contributed by atoms with van der Waals surface area (Å²) < 4.78 is 4.81. The Morgan fingerprint density at radius 3 is 1.50 bits per heavy atom. The minimum atomic E-state index is -2.60. The Hall–Kier alpha value is -0.630. The number of benzene rings is 2. The zero-order valence-electron chi connectivity index (χ0n) is 16.8. The van der Waals surface area contributed by atoms with Crippen molar-refractivity contribution in [2.75, 3.05) is 0 Å². The van der Waals surface area contributed by atoms with Gasteiger partial charge in [0.15, 0.2) is 0 Å². The predicted molar refractivity (Wildman–Crippen MR) is 124 cm³/mol. The Morgan fingerprint density at radius 2 is 1.14 bits per heavy atom. The second-order valence-corrected chi connectivity index (χ2v) is 25.0. The molecule has 2 aromatic rings. The zero-order chi connectivity index (χ0) is 17.7. The van der Waals surface area contributed by atoms with E-state index in [0.717, 1.165) is 7.35 Å². The monoisotopic (exact) mass is 580 g/mol. The second-order valence-electron chi connectivity index (χ2n) is 8.36. The van der Waals surface area contributed by atoms with Gasteiger partial charge in [-0.05, 0) is 0 Å². The summed E-state index contributed by atoms with van der Waals surface area (Å²) in [4.78, 5) is 0. The number of hydrogen-bond donors (Lipinski definition) is 0. The first-order valence-corrected chi connectivity index (χ1v) is 19.6. The van der Waals surface area contributed by atoms with Gasteiger partial charge in [0.05, 0.1) is 0 Å². The van der Waals surface area contributed by atoms with Gasteiger partial charge in [-0.15, -0.1) is 24.8 Å². The molecule has 2 unspecified atom stereocenters. The van der Waals surface area contributed by atoms with E-state index in [9.17, 15) is 0 Å². The van der Waals surface area contributed by atoms with E-state index in [0.29, 0.717) is 0 Å².